The van der Waals surface area contributed by atoms with Crippen LogP contribution in [0.1, 0.15) is 116 Å². The van der Waals surface area contributed by atoms with Crippen molar-refractivity contribution < 1.29 is 19.1 Å². The summed E-state index contributed by atoms with van der Waals surface area (Å²) in [6, 6.07) is 8.59. The lowest BCUT2D eigenvalue weighted by Crippen LogP contribution is -2.52. The molecule has 15 heteroatoms. The quantitative estimate of drug-likeness (QED) is 0.0613. The first kappa shape index (κ1) is 42.3. The van der Waals surface area contributed by atoms with Crippen molar-refractivity contribution in [2.45, 2.75) is 128 Å². The molecule has 0 bridgehead atoms. The van der Waals surface area contributed by atoms with Crippen LogP contribution in [0.15, 0.2) is 42.0 Å². The van der Waals surface area contributed by atoms with E-state index in [2.05, 4.69) is 50.1 Å². The first-order chi connectivity index (χ1) is 29.2. The number of hydrogen-bond acceptors (Lipinski definition) is 11. The number of piperidine rings is 1. The summed E-state index contributed by atoms with van der Waals surface area (Å²) in [6.07, 6.45) is 18.5. The van der Waals surface area contributed by atoms with Crippen LogP contribution >= 0.6 is 22.9 Å². The number of aryl methyl sites for hydroxylation is 1. The van der Waals surface area contributed by atoms with Crippen LogP contribution in [0.4, 0.5) is 5.95 Å². The summed E-state index contributed by atoms with van der Waals surface area (Å²) in [5, 5.41) is 16.7. The highest BCUT2D eigenvalue weighted by molar-refractivity contribution is 7.10. The van der Waals surface area contributed by atoms with Gasteiger partial charge >= 0.3 is 0 Å². The van der Waals surface area contributed by atoms with E-state index >= 15 is 0 Å². The van der Waals surface area contributed by atoms with Gasteiger partial charge in [-0.05, 0) is 108 Å². The van der Waals surface area contributed by atoms with E-state index in [4.69, 9.17) is 21.3 Å². The Labute approximate surface area is 362 Å². The van der Waals surface area contributed by atoms with Crippen LogP contribution in [0.25, 0.3) is 11.3 Å². The van der Waals surface area contributed by atoms with Crippen molar-refractivity contribution in [2.24, 2.45) is 13.0 Å². The molecule has 1 saturated heterocycles. The Bertz CT molecular complexity index is 2130. The molecule has 3 aromatic heterocycles. The second-order valence-corrected chi connectivity index (χ2v) is 18.6. The lowest BCUT2D eigenvalue weighted by molar-refractivity contribution is -0.136. The summed E-state index contributed by atoms with van der Waals surface area (Å²) >= 11 is 8.11. The number of carbonyl (C=O) groups is 3. The van der Waals surface area contributed by atoms with E-state index < -0.39 is 11.9 Å². The van der Waals surface area contributed by atoms with Gasteiger partial charge in [0.25, 0.3) is 5.91 Å². The predicted octanol–water partition coefficient (Wildman–Crippen LogP) is 7.28. The van der Waals surface area contributed by atoms with Gasteiger partial charge in [-0.25, -0.2) is 9.97 Å². The summed E-state index contributed by atoms with van der Waals surface area (Å²) < 4.78 is 8.08. The van der Waals surface area contributed by atoms with Crippen molar-refractivity contribution in [3.63, 3.8) is 0 Å². The number of ether oxygens (including phenoxy) is 1. The van der Waals surface area contributed by atoms with Crippen molar-refractivity contribution in [2.75, 3.05) is 25.5 Å². The molecule has 5 heterocycles. The van der Waals surface area contributed by atoms with E-state index in [0.29, 0.717) is 48.2 Å². The van der Waals surface area contributed by atoms with Crippen molar-refractivity contribution in [3.05, 3.63) is 74.3 Å². The third-order valence-electron chi connectivity index (χ3n) is 12.6. The van der Waals surface area contributed by atoms with Crippen molar-refractivity contribution in [3.8, 4) is 17.0 Å². The minimum atomic E-state index is -0.608. The number of thiophene rings is 1. The smallest absolute Gasteiger partial charge is 0.256 e. The van der Waals surface area contributed by atoms with Crippen LogP contribution < -0.4 is 20.7 Å². The fraction of sp³-hybridized carbons (Fsp3) is 0.556. The molecule has 0 radical (unpaired) electrons. The van der Waals surface area contributed by atoms with E-state index in [1.165, 1.54) is 67.5 Å². The van der Waals surface area contributed by atoms with Crippen LogP contribution in [0, 0.1) is 5.92 Å². The molecular formula is C45H58ClN9O4S. The molecule has 320 valence electrons. The number of amides is 3. The number of rotatable bonds is 20. The standard InChI is InChI=1S/C45H58ClN9O4S/c1-53(25-30-10-16-33(17-11-30)59-27-40-35-26-55(44(58)36(35)28-60-40)38-18-19-41(56)51-43(38)57)21-7-5-3-4-6-20-47-31-12-14-32(15-13-31)50-45-48-24-37(46)42(52-45)34-23-49-54(2)39(34)22-29-8-9-29/h10-11,16-17,23-24,28-29,31-32,38,47H,3-9,12-15,18-22,25-27H2,1-2H3,(H,48,50,52)(H,51,56,57)/t31-,32-,38-/m0/s1. The fourth-order valence-electron chi connectivity index (χ4n) is 8.85. The molecule has 0 unspecified atom stereocenters. The molecule has 0 spiro atoms. The highest BCUT2D eigenvalue weighted by Gasteiger charge is 2.40. The van der Waals surface area contributed by atoms with Crippen LogP contribution in [-0.4, -0.2) is 85.5 Å². The number of unbranched alkanes of at least 4 members (excludes halogenated alkanes) is 4. The number of fused-ring (bicyclic) bond motifs is 1. The Balaban J connectivity index is 0.666. The molecule has 4 aliphatic rings. The van der Waals surface area contributed by atoms with Crippen LogP contribution in [0.5, 0.6) is 5.75 Å². The number of nitrogens with one attached hydrogen (secondary N) is 3. The van der Waals surface area contributed by atoms with E-state index in [-0.39, 0.29) is 18.2 Å². The number of aromatic nitrogens is 4. The molecule has 4 aromatic rings. The van der Waals surface area contributed by atoms with Crippen LogP contribution in [-0.2, 0) is 42.8 Å². The van der Waals surface area contributed by atoms with Gasteiger partial charge in [0.2, 0.25) is 17.8 Å². The zero-order valence-electron chi connectivity index (χ0n) is 34.9. The number of nitrogens with zero attached hydrogens (tertiary/aromatic N) is 6. The lowest BCUT2D eigenvalue weighted by atomic mass is 9.91. The van der Waals surface area contributed by atoms with Crippen molar-refractivity contribution in [1.29, 1.82) is 0 Å². The monoisotopic (exact) mass is 855 g/mol. The van der Waals surface area contributed by atoms with Gasteiger partial charge in [0.1, 0.15) is 18.4 Å². The fourth-order valence-corrected chi connectivity index (χ4v) is 9.99. The summed E-state index contributed by atoms with van der Waals surface area (Å²) in [4.78, 5) is 51.3. The minimum absolute atomic E-state index is 0.151. The highest BCUT2D eigenvalue weighted by atomic mass is 35.5. The zero-order valence-corrected chi connectivity index (χ0v) is 36.5. The van der Waals surface area contributed by atoms with Gasteiger partial charge in [-0.1, -0.05) is 43.0 Å². The largest absolute Gasteiger partial charge is 0.488 e. The van der Waals surface area contributed by atoms with Gasteiger partial charge in [0.05, 0.1) is 28.7 Å². The number of hydrogen-bond donors (Lipinski definition) is 3. The summed E-state index contributed by atoms with van der Waals surface area (Å²) in [5.41, 5.74) is 5.80. The molecule has 1 aromatic carbocycles. The SMILES string of the molecule is CN(CCCCCCCN[C@H]1CC[C@H](Nc2ncc(Cl)c(-c3cnn(C)c3CC3CC3)n2)CC1)Cc1ccc(OCc2scc3c2CN([C@H]2CCC(=O)NC2=O)C3=O)cc1. The van der Waals surface area contributed by atoms with E-state index in [1.807, 2.05) is 35.4 Å². The summed E-state index contributed by atoms with van der Waals surface area (Å²) in [5.74, 6) is 1.36. The molecule has 2 aliphatic heterocycles. The molecule has 3 amide bonds. The Morgan fingerprint density at radius 2 is 1.72 bits per heavy atom. The third kappa shape index (κ3) is 10.6. The van der Waals surface area contributed by atoms with Crippen molar-refractivity contribution in [1.82, 2.24) is 40.2 Å². The average Bonchev–Trinajstić information content (AvgIpc) is 3.74. The Morgan fingerprint density at radius 3 is 2.50 bits per heavy atom. The summed E-state index contributed by atoms with van der Waals surface area (Å²) in [7, 11) is 4.18. The van der Waals surface area contributed by atoms with Gasteiger partial charge in [-0.2, -0.15) is 5.10 Å². The van der Waals surface area contributed by atoms with E-state index in [1.54, 1.807) is 11.1 Å². The molecule has 3 fully saturated rings. The maximum absolute atomic E-state index is 13.0. The lowest BCUT2D eigenvalue weighted by Gasteiger charge is -2.30. The number of imide groups is 1. The van der Waals surface area contributed by atoms with Gasteiger partial charge in [0.15, 0.2) is 0 Å². The highest BCUT2D eigenvalue weighted by Crippen LogP contribution is 2.38. The number of carbonyl (C=O) groups excluding carboxylic acids is 3. The second-order valence-electron chi connectivity index (χ2n) is 17.2. The van der Waals surface area contributed by atoms with Crippen molar-refractivity contribution >= 4 is 46.6 Å². The van der Waals surface area contributed by atoms with Crippen LogP contribution in [0.2, 0.25) is 5.02 Å². The summed E-state index contributed by atoms with van der Waals surface area (Å²) in [6.45, 7) is 3.77. The Kier molecular flexibility index (Phi) is 13.8. The first-order valence-electron chi connectivity index (χ1n) is 21.9. The molecular weight excluding hydrogens is 798 g/mol. The van der Waals surface area contributed by atoms with Crippen LogP contribution in [0.3, 0.4) is 0 Å². The Hall–Kier alpha value is -4.37. The zero-order chi connectivity index (χ0) is 41.6. The number of anilines is 1. The van der Waals surface area contributed by atoms with E-state index in [9.17, 15) is 14.4 Å². The molecule has 8 rings (SSSR count). The predicted molar refractivity (Wildman–Crippen MR) is 234 cm³/mol. The van der Waals surface area contributed by atoms with Gasteiger partial charge < -0.3 is 25.2 Å². The molecule has 13 nitrogen and oxygen atoms in total. The molecule has 60 heavy (non-hydrogen) atoms. The molecule has 2 saturated carbocycles. The maximum Gasteiger partial charge on any atom is 0.256 e. The molecule has 2 aliphatic carbocycles. The third-order valence-corrected chi connectivity index (χ3v) is 13.9. The maximum atomic E-state index is 13.0. The molecule has 3 N–H and O–H groups in total. The average molecular weight is 857 g/mol. The minimum Gasteiger partial charge on any atom is -0.488 e. The molecule has 1 atom stereocenters. The van der Waals surface area contributed by atoms with Gasteiger partial charge in [-0.3, -0.25) is 24.4 Å². The topological polar surface area (TPSA) is 147 Å². The van der Waals surface area contributed by atoms with E-state index in [0.717, 1.165) is 85.1 Å². The first-order valence-corrected chi connectivity index (χ1v) is 23.1. The normalized spacial score (nSPS) is 20.5. The Morgan fingerprint density at radius 1 is 0.950 bits per heavy atom. The second kappa shape index (κ2) is 19.6. The van der Waals surface area contributed by atoms with Gasteiger partial charge in [-0.15, -0.1) is 11.3 Å². The van der Waals surface area contributed by atoms with Gasteiger partial charge in [0, 0.05) is 65.7 Å². The number of benzene rings is 1. The number of halogens is 1.